The minimum atomic E-state index is -0.361. The first-order chi connectivity index (χ1) is 13.8. The molecule has 0 unspecified atom stereocenters. The molecule has 0 atom stereocenters. The molecule has 2 aromatic carbocycles. The normalized spacial score (nSPS) is 11.0. The third-order valence-electron chi connectivity index (χ3n) is 4.22. The van der Waals surface area contributed by atoms with Crippen LogP contribution in [0.2, 0.25) is 0 Å². The van der Waals surface area contributed by atoms with E-state index >= 15 is 0 Å². The second kappa shape index (κ2) is 8.65. The zero-order valence-corrected chi connectivity index (χ0v) is 16.7. The first kappa shape index (κ1) is 20.2. The highest BCUT2D eigenvalue weighted by molar-refractivity contribution is 6.02. The number of hydrogen-bond acceptors (Lipinski definition) is 4. The predicted octanol–water partition coefficient (Wildman–Crippen LogP) is 4.85. The molecule has 0 saturated carbocycles. The highest BCUT2D eigenvalue weighted by Gasteiger charge is 2.14. The summed E-state index contributed by atoms with van der Waals surface area (Å²) in [5.41, 5.74) is 2.24. The molecule has 0 spiro atoms. The molecule has 0 aliphatic rings. The molecule has 0 saturated heterocycles. The zero-order chi connectivity index (χ0) is 20.9. The van der Waals surface area contributed by atoms with Crippen molar-refractivity contribution in [2.45, 2.75) is 26.2 Å². The Bertz CT molecular complexity index is 988. The molecule has 1 heterocycles. The van der Waals surface area contributed by atoms with Crippen molar-refractivity contribution in [1.29, 1.82) is 0 Å². The van der Waals surface area contributed by atoms with Crippen molar-refractivity contribution in [1.82, 2.24) is 0 Å². The van der Waals surface area contributed by atoms with Gasteiger partial charge in [-0.15, -0.1) is 0 Å². The molecular formula is C23H24N2O4. The molecule has 0 bridgehead atoms. The van der Waals surface area contributed by atoms with E-state index in [0.29, 0.717) is 17.1 Å². The largest absolute Gasteiger partial charge is 0.484 e. The first-order valence-electron chi connectivity index (χ1n) is 9.29. The van der Waals surface area contributed by atoms with Crippen molar-refractivity contribution in [3.8, 4) is 5.75 Å². The lowest BCUT2D eigenvalue weighted by Gasteiger charge is -2.19. The van der Waals surface area contributed by atoms with Gasteiger partial charge >= 0.3 is 0 Å². The summed E-state index contributed by atoms with van der Waals surface area (Å²) in [7, 11) is 0. The summed E-state index contributed by atoms with van der Waals surface area (Å²) in [6.45, 7) is 6.25. The summed E-state index contributed by atoms with van der Waals surface area (Å²) in [5, 5.41) is 5.49. The average Bonchev–Trinajstić information content (AvgIpc) is 3.21. The summed E-state index contributed by atoms with van der Waals surface area (Å²) >= 11 is 0. The molecule has 0 radical (unpaired) electrons. The van der Waals surface area contributed by atoms with E-state index in [2.05, 4.69) is 31.4 Å². The summed E-state index contributed by atoms with van der Waals surface area (Å²) in [4.78, 5) is 24.3. The van der Waals surface area contributed by atoms with Crippen LogP contribution in [0.4, 0.5) is 11.4 Å². The van der Waals surface area contributed by atoms with Gasteiger partial charge in [-0.25, -0.2) is 0 Å². The fraction of sp³-hybridized carbons (Fsp3) is 0.217. The maximum Gasteiger partial charge on any atom is 0.291 e. The highest BCUT2D eigenvalue weighted by Crippen LogP contribution is 2.25. The standard InChI is InChI=1S/C23H24N2O4/c1-23(2,3)16-7-4-10-19(13-16)29-15-21(26)24-17-8-5-9-18(14-17)25-22(27)20-11-6-12-28-20/h4-14H,15H2,1-3H3,(H,24,26)(H,25,27). The molecule has 150 valence electrons. The van der Waals surface area contributed by atoms with Crippen molar-refractivity contribution in [3.63, 3.8) is 0 Å². The van der Waals surface area contributed by atoms with E-state index in [9.17, 15) is 9.59 Å². The Kier molecular flexibility index (Phi) is 6.02. The van der Waals surface area contributed by atoms with Crippen molar-refractivity contribution in [2.75, 3.05) is 17.2 Å². The number of amides is 2. The van der Waals surface area contributed by atoms with E-state index in [0.717, 1.165) is 5.56 Å². The molecule has 0 aliphatic heterocycles. The Morgan fingerprint density at radius 2 is 1.66 bits per heavy atom. The molecular weight excluding hydrogens is 368 g/mol. The lowest BCUT2D eigenvalue weighted by molar-refractivity contribution is -0.118. The van der Waals surface area contributed by atoms with Crippen LogP contribution in [0.1, 0.15) is 36.9 Å². The second-order valence-electron chi connectivity index (χ2n) is 7.63. The third-order valence-corrected chi connectivity index (χ3v) is 4.22. The van der Waals surface area contributed by atoms with E-state index in [4.69, 9.17) is 9.15 Å². The van der Waals surface area contributed by atoms with Gasteiger partial charge < -0.3 is 19.8 Å². The maximum absolute atomic E-state index is 12.2. The van der Waals surface area contributed by atoms with Crippen molar-refractivity contribution < 1.29 is 18.7 Å². The molecule has 2 amide bonds. The van der Waals surface area contributed by atoms with Gasteiger partial charge in [0, 0.05) is 11.4 Å². The van der Waals surface area contributed by atoms with E-state index in [1.165, 1.54) is 6.26 Å². The third kappa shape index (κ3) is 5.72. The van der Waals surface area contributed by atoms with Crippen LogP contribution < -0.4 is 15.4 Å². The van der Waals surface area contributed by atoms with Crippen molar-refractivity contribution in [2.24, 2.45) is 0 Å². The van der Waals surface area contributed by atoms with Crippen LogP contribution in [0, 0.1) is 0 Å². The fourth-order valence-corrected chi connectivity index (χ4v) is 2.67. The van der Waals surface area contributed by atoms with E-state index in [1.54, 1.807) is 36.4 Å². The number of ether oxygens (including phenoxy) is 1. The van der Waals surface area contributed by atoms with Crippen LogP contribution in [0.25, 0.3) is 0 Å². The van der Waals surface area contributed by atoms with Crippen LogP contribution in [0.3, 0.4) is 0 Å². The number of carbonyl (C=O) groups is 2. The number of hydrogen-bond donors (Lipinski definition) is 2. The molecule has 1 aromatic heterocycles. The molecule has 0 fully saturated rings. The molecule has 29 heavy (non-hydrogen) atoms. The van der Waals surface area contributed by atoms with Gasteiger partial charge in [0.15, 0.2) is 12.4 Å². The van der Waals surface area contributed by atoms with E-state index in [-0.39, 0.29) is 29.6 Å². The lowest BCUT2D eigenvalue weighted by atomic mass is 9.87. The molecule has 3 aromatic rings. The smallest absolute Gasteiger partial charge is 0.291 e. The second-order valence-corrected chi connectivity index (χ2v) is 7.63. The van der Waals surface area contributed by atoms with Gasteiger partial charge in [-0.2, -0.15) is 0 Å². The summed E-state index contributed by atoms with van der Waals surface area (Å²) in [6, 6.07) is 17.8. The van der Waals surface area contributed by atoms with Crippen LogP contribution in [0.5, 0.6) is 5.75 Å². The van der Waals surface area contributed by atoms with Crippen LogP contribution in [-0.2, 0) is 10.2 Å². The SMILES string of the molecule is CC(C)(C)c1cccc(OCC(=O)Nc2cccc(NC(=O)c3ccco3)c2)c1. The Labute approximate surface area is 169 Å². The minimum Gasteiger partial charge on any atom is -0.484 e. The Hall–Kier alpha value is -3.54. The number of furan rings is 1. The van der Waals surface area contributed by atoms with Crippen LogP contribution in [0.15, 0.2) is 71.3 Å². The quantitative estimate of drug-likeness (QED) is 0.629. The van der Waals surface area contributed by atoms with Gasteiger partial charge in [0.05, 0.1) is 6.26 Å². The average molecular weight is 392 g/mol. The number of nitrogens with one attached hydrogen (secondary N) is 2. The number of anilines is 2. The Morgan fingerprint density at radius 3 is 2.34 bits per heavy atom. The molecule has 2 N–H and O–H groups in total. The first-order valence-corrected chi connectivity index (χ1v) is 9.29. The highest BCUT2D eigenvalue weighted by atomic mass is 16.5. The maximum atomic E-state index is 12.2. The minimum absolute atomic E-state index is 0.00213. The molecule has 0 aliphatic carbocycles. The number of carbonyl (C=O) groups excluding carboxylic acids is 2. The lowest BCUT2D eigenvalue weighted by Crippen LogP contribution is -2.20. The monoisotopic (exact) mass is 392 g/mol. The van der Waals surface area contributed by atoms with Crippen LogP contribution in [-0.4, -0.2) is 18.4 Å². The topological polar surface area (TPSA) is 80.6 Å². The van der Waals surface area contributed by atoms with E-state index < -0.39 is 0 Å². The van der Waals surface area contributed by atoms with Crippen molar-refractivity contribution in [3.05, 3.63) is 78.3 Å². The van der Waals surface area contributed by atoms with Gasteiger partial charge in [0.1, 0.15) is 5.75 Å². The molecule has 6 nitrogen and oxygen atoms in total. The van der Waals surface area contributed by atoms with Gasteiger partial charge in [-0.05, 0) is 53.4 Å². The van der Waals surface area contributed by atoms with Gasteiger partial charge in [0.25, 0.3) is 11.8 Å². The van der Waals surface area contributed by atoms with Gasteiger partial charge in [-0.3, -0.25) is 9.59 Å². The summed E-state index contributed by atoms with van der Waals surface area (Å²) < 4.78 is 10.7. The van der Waals surface area contributed by atoms with Crippen molar-refractivity contribution >= 4 is 23.2 Å². The number of benzene rings is 2. The van der Waals surface area contributed by atoms with Gasteiger partial charge in [0.2, 0.25) is 0 Å². The number of rotatable bonds is 6. The van der Waals surface area contributed by atoms with Crippen LogP contribution >= 0.6 is 0 Å². The molecule has 3 rings (SSSR count). The van der Waals surface area contributed by atoms with Gasteiger partial charge in [-0.1, -0.05) is 39.0 Å². The summed E-state index contributed by atoms with van der Waals surface area (Å²) in [5.74, 6) is 0.207. The Morgan fingerprint density at radius 1 is 0.931 bits per heavy atom. The summed E-state index contributed by atoms with van der Waals surface area (Å²) in [6.07, 6.45) is 1.43. The Balaban J connectivity index is 1.56. The van der Waals surface area contributed by atoms with E-state index in [1.807, 2.05) is 24.3 Å². The predicted molar refractivity (Wildman–Crippen MR) is 112 cm³/mol. The zero-order valence-electron chi connectivity index (χ0n) is 16.7. The molecule has 6 heteroatoms. The fourth-order valence-electron chi connectivity index (χ4n) is 2.67.